The van der Waals surface area contributed by atoms with E-state index in [2.05, 4.69) is 10.3 Å². The number of fused-ring (bicyclic) bond motifs is 1. The lowest BCUT2D eigenvalue weighted by molar-refractivity contribution is -0.127. The zero-order valence-electron chi connectivity index (χ0n) is 11.1. The first kappa shape index (κ1) is 13.2. The quantitative estimate of drug-likeness (QED) is 0.920. The lowest BCUT2D eigenvalue weighted by atomic mass is 10.2. The highest BCUT2D eigenvalue weighted by Crippen LogP contribution is 2.31. The molecule has 1 aromatic carbocycles. The van der Waals surface area contributed by atoms with Gasteiger partial charge in [-0.15, -0.1) is 0 Å². The van der Waals surface area contributed by atoms with Gasteiger partial charge in [0.15, 0.2) is 5.17 Å². The molecule has 0 saturated carbocycles. The molecule has 2 aliphatic rings. The molecule has 0 bridgehead atoms. The normalized spacial score (nSPS) is 20.9. The Morgan fingerprint density at radius 1 is 1.50 bits per heavy atom. The molecule has 1 fully saturated rings. The van der Waals surface area contributed by atoms with E-state index in [1.165, 1.54) is 11.8 Å². The topological polar surface area (TPSA) is 61.8 Å². The summed E-state index contributed by atoms with van der Waals surface area (Å²) in [6.07, 6.45) is 0.188. The number of nitrogens with zero attached hydrogens (tertiary/aromatic N) is 2. The number of rotatable bonds is 3. The van der Waals surface area contributed by atoms with Gasteiger partial charge in [0.05, 0.1) is 6.54 Å². The Balaban J connectivity index is 1.63. The molecule has 1 atom stereocenters. The van der Waals surface area contributed by atoms with E-state index in [-0.39, 0.29) is 23.5 Å². The predicted molar refractivity (Wildman–Crippen MR) is 79.8 cm³/mol. The third kappa shape index (κ3) is 2.43. The number of para-hydroxylation sites is 1. The Hall–Kier alpha value is -1.82. The van der Waals surface area contributed by atoms with Crippen LogP contribution in [0.5, 0.6) is 0 Å². The SMILES string of the molecule is Cc1ccccc1NC(=O)C[C@@H]1SC2=NCCN2C1=O. The molecule has 3 rings (SSSR count). The minimum absolute atomic E-state index is 0.00573. The van der Waals surface area contributed by atoms with E-state index in [9.17, 15) is 9.59 Å². The van der Waals surface area contributed by atoms with Crippen molar-refractivity contribution in [3.05, 3.63) is 29.8 Å². The molecule has 2 amide bonds. The summed E-state index contributed by atoms with van der Waals surface area (Å²) in [7, 11) is 0. The molecule has 2 aliphatic heterocycles. The van der Waals surface area contributed by atoms with Crippen LogP contribution in [0.25, 0.3) is 0 Å². The van der Waals surface area contributed by atoms with Crippen LogP contribution >= 0.6 is 11.8 Å². The number of carbonyl (C=O) groups excluding carboxylic acids is 2. The molecule has 0 radical (unpaired) electrons. The number of aryl methyl sites for hydroxylation is 1. The zero-order chi connectivity index (χ0) is 14.1. The van der Waals surface area contributed by atoms with Gasteiger partial charge in [0.1, 0.15) is 5.25 Å². The van der Waals surface area contributed by atoms with Crippen LogP contribution in [0, 0.1) is 6.92 Å². The molecule has 0 aromatic heterocycles. The van der Waals surface area contributed by atoms with E-state index in [0.717, 1.165) is 16.4 Å². The van der Waals surface area contributed by atoms with Gasteiger partial charge >= 0.3 is 0 Å². The van der Waals surface area contributed by atoms with Gasteiger partial charge in [0.2, 0.25) is 11.8 Å². The van der Waals surface area contributed by atoms with Gasteiger partial charge in [-0.3, -0.25) is 19.5 Å². The van der Waals surface area contributed by atoms with Gasteiger partial charge in [0, 0.05) is 18.7 Å². The van der Waals surface area contributed by atoms with Gasteiger partial charge in [-0.1, -0.05) is 30.0 Å². The van der Waals surface area contributed by atoms with Crippen LogP contribution in [-0.2, 0) is 9.59 Å². The third-order valence-corrected chi connectivity index (χ3v) is 4.59. The molecule has 20 heavy (non-hydrogen) atoms. The number of benzene rings is 1. The van der Waals surface area contributed by atoms with E-state index in [1.54, 1.807) is 4.90 Å². The van der Waals surface area contributed by atoms with Crippen LogP contribution in [0.3, 0.4) is 0 Å². The Bertz CT molecular complexity index is 600. The lowest BCUT2D eigenvalue weighted by Crippen LogP contribution is -2.32. The highest BCUT2D eigenvalue weighted by Gasteiger charge is 2.40. The number of hydrogen-bond acceptors (Lipinski definition) is 4. The van der Waals surface area contributed by atoms with Gasteiger partial charge in [-0.2, -0.15) is 0 Å². The number of amidine groups is 1. The summed E-state index contributed by atoms with van der Waals surface area (Å²) in [6.45, 7) is 3.27. The van der Waals surface area contributed by atoms with E-state index < -0.39 is 0 Å². The van der Waals surface area contributed by atoms with Crippen molar-refractivity contribution in [1.29, 1.82) is 0 Å². The highest BCUT2D eigenvalue weighted by molar-refractivity contribution is 8.15. The summed E-state index contributed by atoms with van der Waals surface area (Å²) in [5, 5.41) is 3.29. The van der Waals surface area contributed by atoms with Crippen LogP contribution < -0.4 is 5.32 Å². The molecular weight excluding hydrogens is 274 g/mol. The maximum Gasteiger partial charge on any atom is 0.242 e. The van der Waals surface area contributed by atoms with Crippen LogP contribution in [-0.4, -0.2) is 40.2 Å². The molecule has 104 valence electrons. The van der Waals surface area contributed by atoms with E-state index in [1.807, 2.05) is 31.2 Å². The summed E-state index contributed by atoms with van der Waals surface area (Å²) in [5.74, 6) is -0.127. The average Bonchev–Trinajstić information content (AvgIpc) is 2.97. The predicted octanol–water partition coefficient (Wildman–Crippen LogP) is 1.64. The Kier molecular flexibility index (Phi) is 3.48. The van der Waals surface area contributed by atoms with Gasteiger partial charge in [-0.25, -0.2) is 0 Å². The second-order valence-corrected chi connectivity index (χ2v) is 6.00. The molecule has 0 spiro atoms. The molecule has 6 heteroatoms. The Morgan fingerprint density at radius 3 is 3.05 bits per heavy atom. The summed E-state index contributed by atoms with van der Waals surface area (Å²) < 4.78 is 0. The van der Waals surface area contributed by atoms with E-state index >= 15 is 0 Å². The second kappa shape index (κ2) is 5.28. The molecule has 0 unspecified atom stereocenters. The van der Waals surface area contributed by atoms with Crippen molar-refractivity contribution < 1.29 is 9.59 Å². The Labute approximate surface area is 121 Å². The number of carbonyl (C=O) groups is 2. The molecule has 5 nitrogen and oxygen atoms in total. The van der Waals surface area contributed by atoms with Crippen LogP contribution in [0.1, 0.15) is 12.0 Å². The largest absolute Gasteiger partial charge is 0.326 e. The average molecular weight is 289 g/mol. The van der Waals surface area contributed by atoms with E-state index in [0.29, 0.717) is 13.1 Å². The van der Waals surface area contributed by atoms with Crippen molar-refractivity contribution in [3.8, 4) is 0 Å². The van der Waals surface area contributed by atoms with Crippen molar-refractivity contribution >= 4 is 34.4 Å². The van der Waals surface area contributed by atoms with Crippen LogP contribution in [0.2, 0.25) is 0 Å². The fourth-order valence-electron chi connectivity index (χ4n) is 2.30. The molecule has 1 aromatic rings. The number of hydrogen-bond donors (Lipinski definition) is 1. The van der Waals surface area contributed by atoms with Gasteiger partial charge < -0.3 is 5.32 Å². The first-order valence-corrected chi connectivity index (χ1v) is 7.41. The summed E-state index contributed by atoms with van der Waals surface area (Å²) in [6, 6.07) is 7.60. The van der Waals surface area contributed by atoms with Crippen molar-refractivity contribution in [2.24, 2.45) is 4.99 Å². The van der Waals surface area contributed by atoms with Crippen molar-refractivity contribution in [2.75, 3.05) is 18.4 Å². The standard InChI is InChI=1S/C14H15N3O2S/c1-9-4-2-3-5-10(9)16-12(18)8-11-13(19)17-7-6-15-14(17)20-11/h2-5,11H,6-8H2,1H3,(H,16,18)/t11-/m0/s1. The van der Waals surface area contributed by atoms with Gasteiger partial charge in [0.25, 0.3) is 0 Å². The summed E-state index contributed by atoms with van der Waals surface area (Å²) in [4.78, 5) is 30.1. The van der Waals surface area contributed by atoms with Crippen molar-refractivity contribution in [2.45, 2.75) is 18.6 Å². The maximum atomic E-state index is 12.1. The number of nitrogens with one attached hydrogen (secondary N) is 1. The molecule has 2 heterocycles. The smallest absolute Gasteiger partial charge is 0.242 e. The number of anilines is 1. The minimum Gasteiger partial charge on any atom is -0.326 e. The molecule has 0 aliphatic carbocycles. The fraction of sp³-hybridized carbons (Fsp3) is 0.357. The second-order valence-electron chi connectivity index (χ2n) is 4.83. The Morgan fingerprint density at radius 2 is 2.30 bits per heavy atom. The van der Waals surface area contributed by atoms with Crippen molar-refractivity contribution in [3.63, 3.8) is 0 Å². The zero-order valence-corrected chi connectivity index (χ0v) is 11.9. The first-order valence-electron chi connectivity index (χ1n) is 6.53. The van der Waals surface area contributed by atoms with Gasteiger partial charge in [-0.05, 0) is 18.6 Å². The first-order chi connectivity index (χ1) is 9.65. The maximum absolute atomic E-state index is 12.1. The monoisotopic (exact) mass is 289 g/mol. The highest BCUT2D eigenvalue weighted by atomic mass is 32.2. The fourth-order valence-corrected chi connectivity index (χ4v) is 3.49. The van der Waals surface area contributed by atoms with Crippen LogP contribution in [0.15, 0.2) is 29.3 Å². The van der Waals surface area contributed by atoms with Crippen LogP contribution in [0.4, 0.5) is 5.69 Å². The summed E-state index contributed by atoms with van der Waals surface area (Å²) >= 11 is 1.40. The molecule has 1 saturated heterocycles. The molecule has 1 N–H and O–H groups in total. The lowest BCUT2D eigenvalue weighted by Gasteiger charge is -2.11. The number of amides is 2. The van der Waals surface area contributed by atoms with Crippen molar-refractivity contribution in [1.82, 2.24) is 4.90 Å². The minimum atomic E-state index is -0.335. The van der Waals surface area contributed by atoms with E-state index in [4.69, 9.17) is 0 Å². The third-order valence-electron chi connectivity index (χ3n) is 3.38. The number of aliphatic imine (C=N–C) groups is 1. The summed E-state index contributed by atoms with van der Waals surface area (Å²) in [5.41, 5.74) is 1.81. The number of thioether (sulfide) groups is 1. The molecular formula is C14H15N3O2S.